The van der Waals surface area contributed by atoms with Gasteiger partial charge in [0.2, 0.25) is 11.8 Å². The molecule has 2 amide bonds. The lowest BCUT2D eigenvalue weighted by molar-refractivity contribution is -0.114. The number of aliphatic hydroxyl groups excluding tert-OH is 1. The highest BCUT2D eigenvalue weighted by atomic mass is 32.2. The molecule has 0 atom stereocenters. The van der Waals surface area contributed by atoms with Crippen LogP contribution in [0.5, 0.6) is 5.75 Å². The zero-order valence-electron chi connectivity index (χ0n) is 11.4. The zero-order chi connectivity index (χ0) is 15.0. The number of anilines is 2. The van der Waals surface area contributed by atoms with Crippen molar-refractivity contribution in [2.45, 2.75) is 6.92 Å². The van der Waals surface area contributed by atoms with Gasteiger partial charge < -0.3 is 20.5 Å². The monoisotopic (exact) mass is 298 g/mol. The molecule has 0 aliphatic rings. The minimum atomic E-state index is -0.193. The summed E-state index contributed by atoms with van der Waals surface area (Å²) < 4.78 is 5.16. The van der Waals surface area contributed by atoms with Gasteiger partial charge in [-0.1, -0.05) is 0 Å². The molecule has 1 rings (SSSR count). The fourth-order valence-corrected chi connectivity index (χ4v) is 2.03. The van der Waals surface area contributed by atoms with Crippen molar-refractivity contribution in [2.24, 2.45) is 0 Å². The first-order chi connectivity index (χ1) is 9.56. The predicted molar refractivity (Wildman–Crippen MR) is 80.3 cm³/mol. The van der Waals surface area contributed by atoms with Crippen molar-refractivity contribution in [3.8, 4) is 5.75 Å². The second-order valence-corrected chi connectivity index (χ2v) is 5.03. The van der Waals surface area contributed by atoms with E-state index in [4.69, 9.17) is 9.84 Å². The molecule has 3 N–H and O–H groups in total. The Kier molecular flexibility index (Phi) is 6.89. The van der Waals surface area contributed by atoms with Crippen LogP contribution in [0.3, 0.4) is 0 Å². The van der Waals surface area contributed by atoms with Gasteiger partial charge in [0.05, 0.1) is 25.2 Å². The molecule has 1 aromatic rings. The van der Waals surface area contributed by atoms with Gasteiger partial charge in [0.25, 0.3) is 0 Å². The van der Waals surface area contributed by atoms with E-state index in [9.17, 15) is 9.59 Å². The highest BCUT2D eigenvalue weighted by Gasteiger charge is 2.09. The van der Waals surface area contributed by atoms with E-state index in [1.165, 1.54) is 25.8 Å². The fraction of sp³-hybridized carbons (Fsp3) is 0.385. The van der Waals surface area contributed by atoms with E-state index in [-0.39, 0.29) is 24.2 Å². The van der Waals surface area contributed by atoms with E-state index >= 15 is 0 Å². The quantitative estimate of drug-likeness (QED) is 0.661. The van der Waals surface area contributed by atoms with Crippen LogP contribution in [0.4, 0.5) is 11.4 Å². The summed E-state index contributed by atoms with van der Waals surface area (Å²) in [7, 11) is 1.50. The Morgan fingerprint density at radius 3 is 2.70 bits per heavy atom. The van der Waals surface area contributed by atoms with Crippen LogP contribution in [0.15, 0.2) is 18.2 Å². The Balaban J connectivity index is 2.74. The van der Waals surface area contributed by atoms with E-state index in [1.54, 1.807) is 18.2 Å². The van der Waals surface area contributed by atoms with Crippen LogP contribution < -0.4 is 15.4 Å². The van der Waals surface area contributed by atoms with Gasteiger partial charge in [0, 0.05) is 18.4 Å². The molecule has 0 aliphatic carbocycles. The molecule has 0 aromatic heterocycles. The Morgan fingerprint density at radius 1 is 1.35 bits per heavy atom. The van der Waals surface area contributed by atoms with Gasteiger partial charge in [-0.25, -0.2) is 0 Å². The fourth-order valence-electron chi connectivity index (χ4n) is 1.50. The second kappa shape index (κ2) is 8.44. The summed E-state index contributed by atoms with van der Waals surface area (Å²) >= 11 is 1.34. The maximum absolute atomic E-state index is 11.7. The summed E-state index contributed by atoms with van der Waals surface area (Å²) in [6, 6.07) is 4.99. The molecule has 0 unspecified atom stereocenters. The van der Waals surface area contributed by atoms with E-state index < -0.39 is 0 Å². The average Bonchev–Trinajstić information content (AvgIpc) is 2.38. The molecule has 0 saturated heterocycles. The van der Waals surface area contributed by atoms with Gasteiger partial charge in [0.1, 0.15) is 5.75 Å². The highest BCUT2D eigenvalue weighted by Crippen LogP contribution is 2.28. The molecule has 1 aromatic carbocycles. The first-order valence-electron chi connectivity index (χ1n) is 6.01. The van der Waals surface area contributed by atoms with Crippen molar-refractivity contribution in [2.75, 3.05) is 35.9 Å². The molecule has 110 valence electrons. The molecular formula is C13H18N2O4S. The summed E-state index contributed by atoms with van der Waals surface area (Å²) in [4.78, 5) is 22.8. The molecule has 0 saturated carbocycles. The van der Waals surface area contributed by atoms with Crippen molar-refractivity contribution < 1.29 is 19.4 Å². The molecule has 0 aliphatic heterocycles. The molecule has 0 bridgehead atoms. The molecule has 20 heavy (non-hydrogen) atoms. The maximum Gasteiger partial charge on any atom is 0.234 e. The second-order valence-electron chi connectivity index (χ2n) is 3.92. The van der Waals surface area contributed by atoms with E-state index in [0.717, 1.165) is 0 Å². The number of thioether (sulfide) groups is 1. The zero-order valence-corrected chi connectivity index (χ0v) is 12.3. The van der Waals surface area contributed by atoms with Gasteiger partial charge in [-0.15, -0.1) is 11.8 Å². The third-order valence-corrected chi connectivity index (χ3v) is 3.20. The number of carbonyl (C=O) groups is 2. The van der Waals surface area contributed by atoms with Gasteiger partial charge in [-0.2, -0.15) is 0 Å². The van der Waals surface area contributed by atoms with Gasteiger partial charge in [-0.3, -0.25) is 9.59 Å². The van der Waals surface area contributed by atoms with Crippen molar-refractivity contribution >= 4 is 35.0 Å². The highest BCUT2D eigenvalue weighted by molar-refractivity contribution is 7.99. The number of amides is 2. The van der Waals surface area contributed by atoms with Gasteiger partial charge in [-0.05, 0) is 18.2 Å². The summed E-state index contributed by atoms with van der Waals surface area (Å²) in [5.74, 6) is 0.886. The van der Waals surface area contributed by atoms with E-state index in [0.29, 0.717) is 22.9 Å². The minimum absolute atomic E-state index is 0.0410. The van der Waals surface area contributed by atoms with Crippen molar-refractivity contribution in [3.63, 3.8) is 0 Å². The molecule has 7 heteroatoms. The van der Waals surface area contributed by atoms with Crippen LogP contribution in [0.2, 0.25) is 0 Å². The predicted octanol–water partition coefficient (Wildman–Crippen LogP) is 1.32. The smallest absolute Gasteiger partial charge is 0.234 e. The normalized spacial score (nSPS) is 9.95. The number of ether oxygens (including phenoxy) is 1. The Hall–Kier alpha value is -1.73. The van der Waals surface area contributed by atoms with E-state index in [2.05, 4.69) is 10.6 Å². The molecule has 0 radical (unpaired) electrons. The topological polar surface area (TPSA) is 87.7 Å². The first-order valence-corrected chi connectivity index (χ1v) is 7.16. The molecule has 0 heterocycles. The molecule has 0 fully saturated rings. The molecular weight excluding hydrogens is 280 g/mol. The molecule has 0 spiro atoms. The summed E-state index contributed by atoms with van der Waals surface area (Å²) in [6.45, 7) is 1.45. The van der Waals surface area contributed by atoms with Crippen molar-refractivity contribution in [1.82, 2.24) is 0 Å². The van der Waals surface area contributed by atoms with E-state index in [1.807, 2.05) is 0 Å². The maximum atomic E-state index is 11.7. The van der Waals surface area contributed by atoms with Crippen molar-refractivity contribution in [1.29, 1.82) is 0 Å². The lowest BCUT2D eigenvalue weighted by atomic mass is 10.2. The standard InChI is InChI=1S/C13H18N2O4S/c1-9(17)14-10-3-4-12(19-2)11(7-10)15-13(18)8-20-6-5-16/h3-4,7,16H,5-6,8H2,1-2H3,(H,14,17)(H,15,18). The van der Waals surface area contributed by atoms with Crippen LogP contribution in [0, 0.1) is 0 Å². The lowest BCUT2D eigenvalue weighted by Gasteiger charge is -2.12. The number of rotatable bonds is 7. The SMILES string of the molecule is COc1ccc(NC(C)=O)cc1NC(=O)CSCCO. The minimum Gasteiger partial charge on any atom is -0.495 e. The third-order valence-electron chi connectivity index (χ3n) is 2.26. The van der Waals surface area contributed by atoms with Crippen LogP contribution in [0.25, 0.3) is 0 Å². The third kappa shape index (κ3) is 5.50. The number of hydrogen-bond acceptors (Lipinski definition) is 5. The first kappa shape index (κ1) is 16.3. The Bertz CT molecular complexity index is 479. The van der Waals surface area contributed by atoms with Crippen LogP contribution in [-0.4, -0.2) is 42.1 Å². The number of nitrogens with one attached hydrogen (secondary N) is 2. The Labute approximate surface area is 121 Å². The van der Waals surface area contributed by atoms with Crippen LogP contribution in [-0.2, 0) is 9.59 Å². The lowest BCUT2D eigenvalue weighted by Crippen LogP contribution is -2.16. The Morgan fingerprint density at radius 2 is 2.10 bits per heavy atom. The number of methoxy groups -OCH3 is 1. The summed E-state index contributed by atoms with van der Waals surface area (Å²) in [6.07, 6.45) is 0. The van der Waals surface area contributed by atoms with Crippen LogP contribution >= 0.6 is 11.8 Å². The number of benzene rings is 1. The summed E-state index contributed by atoms with van der Waals surface area (Å²) in [5.41, 5.74) is 1.07. The van der Waals surface area contributed by atoms with Gasteiger partial charge >= 0.3 is 0 Å². The van der Waals surface area contributed by atoms with Crippen LogP contribution in [0.1, 0.15) is 6.92 Å². The number of carbonyl (C=O) groups excluding carboxylic acids is 2. The van der Waals surface area contributed by atoms with Gasteiger partial charge in [0.15, 0.2) is 0 Å². The number of aliphatic hydroxyl groups is 1. The number of hydrogen-bond donors (Lipinski definition) is 3. The average molecular weight is 298 g/mol. The summed E-state index contributed by atoms with van der Waals surface area (Å²) in [5, 5.41) is 14.0. The largest absolute Gasteiger partial charge is 0.495 e. The molecule has 6 nitrogen and oxygen atoms in total. The van der Waals surface area contributed by atoms with Crippen molar-refractivity contribution in [3.05, 3.63) is 18.2 Å².